The molecule has 0 aromatic heterocycles. The third kappa shape index (κ3) is 1.88. The fourth-order valence-corrected chi connectivity index (χ4v) is 2.83. The van der Waals surface area contributed by atoms with E-state index in [0.717, 1.165) is 0 Å². The summed E-state index contributed by atoms with van der Waals surface area (Å²) in [6.45, 7) is 1.81. The summed E-state index contributed by atoms with van der Waals surface area (Å²) in [7, 11) is -3.94. The highest BCUT2D eigenvalue weighted by Crippen LogP contribution is 2.47. The molecule has 2 aliphatic rings. The first-order chi connectivity index (χ1) is 7.94. The van der Waals surface area contributed by atoms with Crippen molar-refractivity contribution in [1.82, 2.24) is 0 Å². The lowest BCUT2D eigenvalue weighted by Crippen LogP contribution is -2.28. The number of hydrogen-bond acceptors (Lipinski definition) is 6. The highest BCUT2D eigenvalue weighted by Gasteiger charge is 2.72. The van der Waals surface area contributed by atoms with Gasteiger partial charge in [-0.1, -0.05) is 13.0 Å². The van der Waals surface area contributed by atoms with Crippen molar-refractivity contribution in [2.45, 2.75) is 25.2 Å². The number of allylic oxidation sites excluding steroid dienone is 2. The molecule has 0 aromatic carbocycles. The fourth-order valence-electron chi connectivity index (χ4n) is 1.59. The first-order valence-electron chi connectivity index (χ1n) is 5.05. The number of rotatable bonds is 5. The molecule has 1 aliphatic carbocycles. The number of ether oxygens (including phenoxy) is 1. The Morgan fingerprint density at radius 1 is 1.65 bits per heavy atom. The Morgan fingerprint density at radius 3 is 2.94 bits per heavy atom. The van der Waals surface area contributed by atoms with Crippen molar-refractivity contribution in [1.29, 1.82) is 0 Å². The smallest absolute Gasteiger partial charge is 0.289 e. The van der Waals surface area contributed by atoms with Crippen LogP contribution in [0.15, 0.2) is 23.1 Å². The van der Waals surface area contributed by atoms with Gasteiger partial charge in [-0.05, 0) is 12.5 Å². The Bertz CT molecular complexity index is 508. The summed E-state index contributed by atoms with van der Waals surface area (Å²) in [5.74, 6) is 0. The summed E-state index contributed by atoms with van der Waals surface area (Å²) in [6, 6.07) is 0. The molecule has 0 saturated carbocycles. The van der Waals surface area contributed by atoms with E-state index < -0.39 is 26.9 Å². The van der Waals surface area contributed by atoms with Crippen molar-refractivity contribution in [2.24, 2.45) is 0 Å². The summed E-state index contributed by atoms with van der Waals surface area (Å²) in [6.07, 6.45) is 3.27. The molecule has 8 heteroatoms. The van der Waals surface area contributed by atoms with Crippen LogP contribution in [0.5, 0.6) is 0 Å². The van der Waals surface area contributed by atoms with Crippen LogP contribution < -0.4 is 0 Å². The van der Waals surface area contributed by atoms with E-state index in [1.165, 1.54) is 18.2 Å². The second-order valence-corrected chi connectivity index (χ2v) is 5.33. The van der Waals surface area contributed by atoms with Gasteiger partial charge in [0.1, 0.15) is 4.91 Å². The van der Waals surface area contributed by atoms with E-state index in [9.17, 15) is 18.5 Å². The molecule has 1 unspecified atom stereocenters. The Kier molecular flexibility index (Phi) is 2.80. The first-order valence-corrected chi connectivity index (χ1v) is 6.46. The van der Waals surface area contributed by atoms with E-state index in [-0.39, 0.29) is 11.5 Å². The molecule has 7 nitrogen and oxygen atoms in total. The van der Waals surface area contributed by atoms with Gasteiger partial charge in [-0.3, -0.25) is 19.0 Å². The maximum Gasteiger partial charge on any atom is 0.377 e. The molecule has 1 fully saturated rings. The van der Waals surface area contributed by atoms with Gasteiger partial charge in [0.15, 0.2) is 0 Å². The van der Waals surface area contributed by atoms with E-state index in [1.54, 1.807) is 6.92 Å². The number of epoxide rings is 1. The van der Waals surface area contributed by atoms with Gasteiger partial charge >= 0.3 is 5.72 Å². The number of nitro groups is 1. The van der Waals surface area contributed by atoms with Crippen LogP contribution in [0.25, 0.3) is 0 Å². The third-order valence-electron chi connectivity index (χ3n) is 2.50. The number of nitrogens with zero attached hydrogens (tertiary/aromatic N) is 1. The van der Waals surface area contributed by atoms with Gasteiger partial charge in [0, 0.05) is 6.08 Å². The molecule has 1 saturated heterocycles. The molecule has 0 amide bonds. The minimum atomic E-state index is -3.94. The number of hydrogen-bond donors (Lipinski definition) is 0. The zero-order chi connectivity index (χ0) is 12.7. The van der Waals surface area contributed by atoms with Gasteiger partial charge in [0.2, 0.25) is 6.10 Å². The highest BCUT2D eigenvalue weighted by molar-refractivity contribution is 7.90. The van der Waals surface area contributed by atoms with Gasteiger partial charge in [-0.2, -0.15) is 8.42 Å². The van der Waals surface area contributed by atoms with E-state index in [1.807, 2.05) is 0 Å². The minimum absolute atomic E-state index is 0.0432. The van der Waals surface area contributed by atoms with Crippen LogP contribution in [-0.2, 0) is 19.0 Å². The van der Waals surface area contributed by atoms with Crippen LogP contribution in [0.4, 0.5) is 0 Å². The van der Waals surface area contributed by atoms with Crippen LogP contribution in [0.1, 0.15) is 13.3 Å². The van der Waals surface area contributed by atoms with E-state index in [4.69, 9.17) is 8.92 Å². The van der Waals surface area contributed by atoms with Crippen molar-refractivity contribution in [3.8, 4) is 0 Å². The van der Waals surface area contributed by atoms with Gasteiger partial charge in [-0.25, -0.2) is 0 Å². The lowest BCUT2D eigenvalue weighted by molar-refractivity contribution is -0.548. The molecule has 94 valence electrons. The van der Waals surface area contributed by atoms with E-state index >= 15 is 0 Å². The molecule has 17 heavy (non-hydrogen) atoms. The van der Waals surface area contributed by atoms with Gasteiger partial charge in [0.25, 0.3) is 10.1 Å². The zero-order valence-corrected chi connectivity index (χ0v) is 9.85. The quantitative estimate of drug-likeness (QED) is 0.310. The Hall–Kier alpha value is -1.25. The number of fused-ring (bicyclic) bond motifs is 1. The van der Waals surface area contributed by atoms with Crippen molar-refractivity contribution in [2.75, 3.05) is 6.61 Å². The highest BCUT2D eigenvalue weighted by atomic mass is 32.2. The standard InChI is InChI=1S/C9H11NO6S/c1-2-6-15-17(13,14)7-4-3-5-9(10(11)12)8(7)16-9/h3-5,8H,2,6H2,1H3/t8-,9?/m1/s1. The van der Waals surface area contributed by atoms with Crippen LogP contribution in [0, 0.1) is 10.1 Å². The van der Waals surface area contributed by atoms with Crippen LogP contribution >= 0.6 is 0 Å². The summed E-state index contributed by atoms with van der Waals surface area (Å²) in [4.78, 5) is 9.94. The zero-order valence-electron chi connectivity index (χ0n) is 9.03. The molecule has 0 N–H and O–H groups in total. The van der Waals surface area contributed by atoms with Crippen molar-refractivity contribution >= 4 is 10.1 Å². The summed E-state index contributed by atoms with van der Waals surface area (Å²) < 4.78 is 33.0. The average Bonchev–Trinajstić information content (AvgIpc) is 3.01. The SMILES string of the molecule is CCCOS(=O)(=O)C1=CC=CC2([N+](=O)[O-])O[C@H]12. The predicted octanol–water partition coefficient (Wildman–Crippen LogP) is 0.568. The molecule has 0 spiro atoms. The molecule has 0 bridgehead atoms. The molecule has 2 atom stereocenters. The normalized spacial score (nSPS) is 30.6. The van der Waals surface area contributed by atoms with Crippen molar-refractivity contribution in [3.63, 3.8) is 0 Å². The Morgan fingerprint density at radius 2 is 2.35 bits per heavy atom. The molecular formula is C9H11NO6S. The largest absolute Gasteiger partial charge is 0.377 e. The second-order valence-electron chi connectivity index (χ2n) is 3.71. The Labute approximate surface area is 98.0 Å². The van der Waals surface area contributed by atoms with Crippen LogP contribution in [-0.4, -0.2) is 31.8 Å². The van der Waals surface area contributed by atoms with Gasteiger partial charge in [-0.15, -0.1) is 0 Å². The third-order valence-corrected chi connectivity index (χ3v) is 3.90. The second kappa shape index (κ2) is 3.90. The molecular weight excluding hydrogens is 250 g/mol. The predicted molar refractivity (Wildman–Crippen MR) is 57.0 cm³/mol. The van der Waals surface area contributed by atoms with Crippen LogP contribution in [0.2, 0.25) is 0 Å². The molecule has 2 rings (SSSR count). The van der Waals surface area contributed by atoms with Crippen LogP contribution in [0.3, 0.4) is 0 Å². The molecule has 1 heterocycles. The first kappa shape index (κ1) is 12.2. The van der Waals surface area contributed by atoms with E-state index in [0.29, 0.717) is 6.42 Å². The Balaban J connectivity index is 2.23. The lowest BCUT2D eigenvalue weighted by Gasteiger charge is -2.08. The maximum atomic E-state index is 11.7. The fraction of sp³-hybridized carbons (Fsp3) is 0.556. The lowest BCUT2D eigenvalue weighted by atomic mass is 10.1. The van der Waals surface area contributed by atoms with Crippen molar-refractivity contribution < 1.29 is 22.3 Å². The summed E-state index contributed by atoms with van der Waals surface area (Å²) in [5.41, 5.74) is -1.72. The van der Waals surface area contributed by atoms with E-state index in [2.05, 4.69) is 0 Å². The summed E-state index contributed by atoms with van der Waals surface area (Å²) in [5, 5.41) is 10.8. The average molecular weight is 261 g/mol. The summed E-state index contributed by atoms with van der Waals surface area (Å²) >= 11 is 0. The van der Waals surface area contributed by atoms with Crippen molar-refractivity contribution in [3.05, 3.63) is 33.2 Å². The molecule has 0 aromatic rings. The monoisotopic (exact) mass is 261 g/mol. The topological polar surface area (TPSA) is 99.0 Å². The molecule has 1 aliphatic heterocycles. The van der Waals surface area contributed by atoms with Gasteiger partial charge < -0.3 is 0 Å². The molecule has 0 radical (unpaired) electrons. The van der Waals surface area contributed by atoms with Gasteiger partial charge in [0.05, 0.1) is 11.5 Å². The minimum Gasteiger partial charge on any atom is -0.289 e. The maximum absolute atomic E-state index is 11.7.